The van der Waals surface area contributed by atoms with Gasteiger partial charge in [0.25, 0.3) is 0 Å². The smallest absolute Gasteiger partial charge is 0.137 e. The van der Waals surface area contributed by atoms with Gasteiger partial charge in [0.1, 0.15) is 5.82 Å². The summed E-state index contributed by atoms with van der Waals surface area (Å²) in [4.78, 5) is 2.42. The van der Waals surface area contributed by atoms with Crippen LogP contribution in [0.15, 0.2) is 22.7 Å². The Hall–Kier alpha value is -0.450. The Bertz CT molecular complexity index is 466. The summed E-state index contributed by atoms with van der Waals surface area (Å²) in [7, 11) is 0. The van der Waals surface area contributed by atoms with E-state index in [0.29, 0.717) is 16.9 Å². The molecule has 1 saturated heterocycles. The van der Waals surface area contributed by atoms with Crippen molar-refractivity contribution < 1.29 is 9.50 Å². The Morgan fingerprint density at radius 1 is 1.35 bits per heavy atom. The van der Waals surface area contributed by atoms with Gasteiger partial charge in [0.2, 0.25) is 0 Å². The van der Waals surface area contributed by atoms with Crippen molar-refractivity contribution in [2.24, 2.45) is 0 Å². The van der Waals surface area contributed by atoms with Crippen LogP contribution in [0.1, 0.15) is 38.7 Å². The van der Waals surface area contributed by atoms with Gasteiger partial charge in [-0.15, -0.1) is 0 Å². The molecule has 1 N–H and O–H groups in total. The van der Waals surface area contributed by atoms with Crippen LogP contribution in [0.5, 0.6) is 0 Å². The van der Waals surface area contributed by atoms with Crippen LogP contribution in [-0.2, 0) is 6.42 Å². The van der Waals surface area contributed by atoms with Crippen molar-refractivity contribution in [3.05, 3.63) is 34.1 Å². The number of likely N-dealkylation sites (tertiary alicyclic amines) is 1. The molecule has 1 aliphatic heterocycles. The molecule has 0 bridgehead atoms. The quantitative estimate of drug-likeness (QED) is 0.903. The summed E-state index contributed by atoms with van der Waals surface area (Å²) in [6.45, 7) is 6.37. The first-order chi connectivity index (χ1) is 9.39. The third kappa shape index (κ3) is 4.03. The van der Waals surface area contributed by atoms with E-state index < -0.39 is 5.60 Å². The summed E-state index contributed by atoms with van der Waals surface area (Å²) >= 11 is 3.21. The summed E-state index contributed by atoms with van der Waals surface area (Å²) in [5.74, 6) is -0.257. The zero-order valence-corrected chi connectivity index (χ0v) is 13.8. The van der Waals surface area contributed by atoms with E-state index in [-0.39, 0.29) is 5.82 Å². The highest BCUT2D eigenvalue weighted by atomic mass is 79.9. The molecule has 1 heterocycles. The highest BCUT2D eigenvalue weighted by Crippen LogP contribution is 2.28. The molecule has 0 saturated carbocycles. The van der Waals surface area contributed by atoms with Gasteiger partial charge in [0.05, 0.1) is 10.1 Å². The number of aliphatic hydroxyl groups is 1. The van der Waals surface area contributed by atoms with E-state index in [0.717, 1.165) is 37.9 Å². The minimum absolute atomic E-state index is 0.257. The summed E-state index contributed by atoms with van der Waals surface area (Å²) in [5, 5.41) is 10.8. The second kappa shape index (κ2) is 6.54. The highest BCUT2D eigenvalue weighted by molar-refractivity contribution is 9.10. The molecule has 1 atom stereocenters. The molecule has 0 aromatic heterocycles. The molecule has 2 rings (SSSR count). The Morgan fingerprint density at radius 2 is 2.10 bits per heavy atom. The van der Waals surface area contributed by atoms with Gasteiger partial charge in [-0.05, 0) is 73.3 Å². The SMILES string of the molecule is CC(C)N1CCCC(O)(Cc2ccc(F)c(Br)c2)CC1. The molecule has 112 valence electrons. The molecule has 2 nitrogen and oxygen atoms in total. The van der Waals surface area contributed by atoms with Crippen LogP contribution >= 0.6 is 15.9 Å². The maximum absolute atomic E-state index is 13.3. The van der Waals surface area contributed by atoms with Crippen LogP contribution in [0, 0.1) is 5.82 Å². The van der Waals surface area contributed by atoms with Crippen molar-refractivity contribution in [1.29, 1.82) is 0 Å². The normalized spacial score (nSPS) is 24.9. The van der Waals surface area contributed by atoms with Crippen molar-refractivity contribution >= 4 is 15.9 Å². The van der Waals surface area contributed by atoms with Crippen LogP contribution < -0.4 is 0 Å². The lowest BCUT2D eigenvalue weighted by Crippen LogP contribution is -2.35. The van der Waals surface area contributed by atoms with Crippen LogP contribution in [0.3, 0.4) is 0 Å². The van der Waals surface area contributed by atoms with Crippen LogP contribution in [0.25, 0.3) is 0 Å². The van der Waals surface area contributed by atoms with Crippen molar-refractivity contribution in [3.8, 4) is 0 Å². The fourth-order valence-corrected chi connectivity index (χ4v) is 3.35. The van der Waals surface area contributed by atoms with Gasteiger partial charge in [-0.2, -0.15) is 0 Å². The zero-order valence-electron chi connectivity index (χ0n) is 12.2. The van der Waals surface area contributed by atoms with E-state index in [9.17, 15) is 9.50 Å². The van der Waals surface area contributed by atoms with Gasteiger partial charge in [-0.3, -0.25) is 0 Å². The molecule has 1 unspecified atom stereocenters. The number of benzene rings is 1. The van der Waals surface area contributed by atoms with Crippen molar-refractivity contribution in [2.75, 3.05) is 13.1 Å². The number of hydrogen-bond acceptors (Lipinski definition) is 2. The van der Waals surface area contributed by atoms with E-state index in [1.54, 1.807) is 12.1 Å². The fourth-order valence-electron chi connectivity index (χ4n) is 2.92. The van der Waals surface area contributed by atoms with E-state index in [4.69, 9.17) is 0 Å². The van der Waals surface area contributed by atoms with Crippen molar-refractivity contribution in [1.82, 2.24) is 4.90 Å². The number of rotatable bonds is 3. The molecule has 1 aromatic carbocycles. The minimum Gasteiger partial charge on any atom is -0.389 e. The number of nitrogens with zero attached hydrogens (tertiary/aromatic N) is 1. The maximum atomic E-state index is 13.3. The van der Waals surface area contributed by atoms with E-state index in [1.165, 1.54) is 6.07 Å². The molecule has 0 spiro atoms. The van der Waals surface area contributed by atoms with E-state index in [1.807, 2.05) is 0 Å². The second-order valence-corrected chi connectivity index (χ2v) is 6.99. The lowest BCUT2D eigenvalue weighted by atomic mass is 9.88. The summed E-state index contributed by atoms with van der Waals surface area (Å²) < 4.78 is 13.7. The van der Waals surface area contributed by atoms with Crippen molar-refractivity contribution in [2.45, 2.75) is 51.2 Å². The Labute approximate surface area is 129 Å². The first kappa shape index (κ1) is 15.9. The molecule has 1 aliphatic rings. The first-order valence-corrected chi connectivity index (χ1v) is 8.09. The van der Waals surface area contributed by atoms with Gasteiger partial charge in [0, 0.05) is 19.0 Å². The highest BCUT2D eigenvalue weighted by Gasteiger charge is 2.31. The van der Waals surface area contributed by atoms with Gasteiger partial charge in [0.15, 0.2) is 0 Å². The summed E-state index contributed by atoms with van der Waals surface area (Å²) in [6, 6.07) is 5.53. The molecular formula is C16H23BrFNO. The molecule has 0 radical (unpaired) electrons. The molecule has 0 aliphatic carbocycles. The predicted octanol–water partition coefficient (Wildman–Crippen LogP) is 3.76. The molecular weight excluding hydrogens is 321 g/mol. The second-order valence-electron chi connectivity index (χ2n) is 6.13. The van der Waals surface area contributed by atoms with Gasteiger partial charge >= 0.3 is 0 Å². The zero-order chi connectivity index (χ0) is 14.8. The summed E-state index contributed by atoms with van der Waals surface area (Å²) in [6.07, 6.45) is 3.19. The molecule has 0 amide bonds. The van der Waals surface area contributed by atoms with Crippen LogP contribution in [0.4, 0.5) is 4.39 Å². The standard InChI is InChI=1S/C16H23BrFNO/c1-12(2)19-8-3-6-16(20,7-9-19)11-13-4-5-15(18)14(17)10-13/h4-5,10,12,20H,3,6-9,11H2,1-2H3. The fraction of sp³-hybridized carbons (Fsp3) is 0.625. The van der Waals surface area contributed by atoms with E-state index in [2.05, 4.69) is 34.7 Å². The lowest BCUT2D eigenvalue weighted by Gasteiger charge is -2.28. The Morgan fingerprint density at radius 3 is 2.75 bits per heavy atom. The third-order valence-corrected chi connectivity index (χ3v) is 4.81. The first-order valence-electron chi connectivity index (χ1n) is 7.30. The van der Waals surface area contributed by atoms with Gasteiger partial charge in [-0.25, -0.2) is 4.39 Å². The number of halogens is 2. The molecule has 4 heteroatoms. The van der Waals surface area contributed by atoms with Crippen LogP contribution in [-0.4, -0.2) is 34.7 Å². The minimum atomic E-state index is -0.666. The number of hydrogen-bond donors (Lipinski definition) is 1. The average molecular weight is 344 g/mol. The van der Waals surface area contributed by atoms with Gasteiger partial charge < -0.3 is 10.0 Å². The topological polar surface area (TPSA) is 23.5 Å². The molecule has 1 fully saturated rings. The van der Waals surface area contributed by atoms with Crippen LogP contribution in [0.2, 0.25) is 0 Å². The molecule has 1 aromatic rings. The largest absolute Gasteiger partial charge is 0.389 e. The lowest BCUT2D eigenvalue weighted by molar-refractivity contribution is 0.0248. The third-order valence-electron chi connectivity index (χ3n) is 4.20. The van der Waals surface area contributed by atoms with E-state index >= 15 is 0 Å². The van der Waals surface area contributed by atoms with Gasteiger partial charge in [-0.1, -0.05) is 6.07 Å². The summed E-state index contributed by atoms with van der Waals surface area (Å²) in [5.41, 5.74) is 0.319. The Kier molecular flexibility index (Phi) is 5.21. The Balaban J connectivity index is 2.05. The average Bonchev–Trinajstić information content (AvgIpc) is 2.56. The predicted molar refractivity (Wildman–Crippen MR) is 83.3 cm³/mol. The molecule has 20 heavy (non-hydrogen) atoms. The maximum Gasteiger partial charge on any atom is 0.137 e. The van der Waals surface area contributed by atoms with Crippen molar-refractivity contribution in [3.63, 3.8) is 0 Å². The monoisotopic (exact) mass is 343 g/mol.